The van der Waals surface area contributed by atoms with Crippen LogP contribution in [0.3, 0.4) is 0 Å². The Morgan fingerprint density at radius 2 is 1.85 bits per heavy atom. The molecule has 7 heteroatoms. The van der Waals surface area contributed by atoms with Crippen molar-refractivity contribution in [1.82, 2.24) is 0 Å². The Labute approximate surface area is 153 Å². The lowest BCUT2D eigenvalue weighted by Gasteiger charge is -2.09. The summed E-state index contributed by atoms with van der Waals surface area (Å²) in [6.45, 7) is 0. The molecule has 0 bridgehead atoms. The van der Waals surface area contributed by atoms with E-state index in [9.17, 15) is 20.0 Å². The average molecular weight is 363 g/mol. The Kier molecular flexibility index (Phi) is 4.69. The summed E-state index contributed by atoms with van der Waals surface area (Å²) < 4.78 is 0. The molecule has 6 nitrogen and oxygen atoms in total. The topological polar surface area (TPSA) is 116 Å². The van der Waals surface area contributed by atoms with E-state index in [0.717, 1.165) is 5.56 Å². The number of nitrogen functional groups attached to an aromatic ring is 1. The molecule has 26 heavy (non-hydrogen) atoms. The van der Waals surface area contributed by atoms with Crippen LogP contribution in [0.4, 0.5) is 10.7 Å². The molecule has 4 N–H and O–H groups in total. The van der Waals surface area contributed by atoms with Crippen LogP contribution in [0.15, 0.2) is 53.9 Å². The summed E-state index contributed by atoms with van der Waals surface area (Å²) in [5.74, 6) is -1.69. The highest BCUT2D eigenvalue weighted by atomic mass is 32.1. The van der Waals surface area contributed by atoms with Crippen molar-refractivity contribution in [1.29, 1.82) is 5.26 Å². The van der Waals surface area contributed by atoms with Gasteiger partial charge >= 0.3 is 5.97 Å². The third-order valence-electron chi connectivity index (χ3n) is 3.76. The van der Waals surface area contributed by atoms with Crippen LogP contribution in [0, 0.1) is 11.3 Å². The minimum atomic E-state index is -1.17. The van der Waals surface area contributed by atoms with Gasteiger partial charge in [0.15, 0.2) is 0 Å². The maximum Gasteiger partial charge on any atom is 0.336 e. The molecule has 0 fully saturated rings. The number of nitrogens with two attached hydrogens (primary N) is 1. The number of carboxylic acids is 1. The Bertz CT molecular complexity index is 1050. The molecule has 0 aliphatic heterocycles. The van der Waals surface area contributed by atoms with Gasteiger partial charge < -0.3 is 16.2 Å². The molecule has 2 aromatic carbocycles. The molecular formula is C19H13N3O3S. The first-order valence-corrected chi connectivity index (χ1v) is 8.40. The van der Waals surface area contributed by atoms with Gasteiger partial charge in [-0.15, -0.1) is 11.3 Å². The lowest BCUT2D eigenvalue weighted by molar-refractivity contribution is 0.0692. The number of carboxylic acid groups (broad SMARTS) is 1. The number of hydrogen-bond donors (Lipinski definition) is 3. The zero-order valence-corrected chi connectivity index (χ0v) is 14.2. The lowest BCUT2D eigenvalue weighted by atomic mass is 10.0. The van der Waals surface area contributed by atoms with Gasteiger partial charge in [-0.05, 0) is 29.8 Å². The van der Waals surface area contributed by atoms with E-state index in [1.165, 1.54) is 23.5 Å². The lowest BCUT2D eigenvalue weighted by Crippen LogP contribution is -2.16. The third-order valence-corrected chi connectivity index (χ3v) is 4.58. The number of nitrogens with zero attached hydrogens (tertiary/aromatic N) is 1. The van der Waals surface area contributed by atoms with Gasteiger partial charge in [0.05, 0.1) is 16.7 Å². The van der Waals surface area contributed by atoms with Gasteiger partial charge in [-0.2, -0.15) is 5.26 Å². The summed E-state index contributed by atoms with van der Waals surface area (Å²) in [5.41, 5.74) is 8.11. The molecule has 0 spiro atoms. The number of nitrogens with one attached hydrogen (secondary N) is 1. The van der Waals surface area contributed by atoms with Gasteiger partial charge in [-0.3, -0.25) is 4.79 Å². The molecule has 0 saturated carbocycles. The predicted molar refractivity (Wildman–Crippen MR) is 100 cm³/mol. The summed E-state index contributed by atoms with van der Waals surface area (Å²) in [4.78, 5) is 23.7. The number of thiophene rings is 1. The SMILES string of the molecule is N#Cc1c(-c2cccc(NC(=O)c3ccccc3C(=O)O)c2)csc1N. The van der Waals surface area contributed by atoms with Crippen LogP contribution in [0.5, 0.6) is 0 Å². The number of amides is 1. The zero-order valence-electron chi connectivity index (χ0n) is 13.4. The normalized spacial score (nSPS) is 10.1. The fraction of sp³-hybridized carbons (Fsp3) is 0. The number of nitriles is 1. The maximum absolute atomic E-state index is 12.5. The maximum atomic E-state index is 12.5. The molecule has 128 valence electrons. The van der Waals surface area contributed by atoms with E-state index in [1.54, 1.807) is 35.7 Å². The molecule has 3 rings (SSSR count). The number of rotatable bonds is 4. The highest BCUT2D eigenvalue weighted by molar-refractivity contribution is 7.14. The average Bonchev–Trinajstić information content (AvgIpc) is 3.02. The summed E-state index contributed by atoms with van der Waals surface area (Å²) in [6, 6.07) is 15.0. The fourth-order valence-corrected chi connectivity index (χ4v) is 3.30. The second-order valence-electron chi connectivity index (χ2n) is 5.39. The smallest absolute Gasteiger partial charge is 0.336 e. The van der Waals surface area contributed by atoms with Crippen LogP contribution in [-0.4, -0.2) is 17.0 Å². The Morgan fingerprint density at radius 3 is 2.54 bits per heavy atom. The van der Waals surface area contributed by atoms with Crippen molar-refractivity contribution in [2.45, 2.75) is 0 Å². The number of hydrogen-bond acceptors (Lipinski definition) is 5. The summed E-state index contributed by atoms with van der Waals surface area (Å²) >= 11 is 1.27. The molecule has 1 amide bonds. The number of carbonyl (C=O) groups excluding carboxylic acids is 1. The quantitative estimate of drug-likeness (QED) is 0.651. The molecule has 0 radical (unpaired) electrons. The number of carbonyl (C=O) groups is 2. The van der Waals surface area contributed by atoms with Gasteiger partial charge in [0, 0.05) is 16.6 Å². The molecule has 1 heterocycles. The van der Waals surface area contributed by atoms with E-state index in [2.05, 4.69) is 11.4 Å². The van der Waals surface area contributed by atoms with Gasteiger partial charge in [-0.1, -0.05) is 24.3 Å². The number of anilines is 2. The van der Waals surface area contributed by atoms with E-state index >= 15 is 0 Å². The largest absolute Gasteiger partial charge is 0.478 e. The van der Waals surface area contributed by atoms with Gasteiger partial charge in [0.2, 0.25) is 0 Å². The first-order chi connectivity index (χ1) is 12.5. The predicted octanol–water partition coefficient (Wildman–Crippen LogP) is 3.82. The van der Waals surface area contributed by atoms with E-state index in [4.69, 9.17) is 5.73 Å². The second kappa shape index (κ2) is 7.09. The van der Waals surface area contributed by atoms with Gasteiger partial charge in [-0.25, -0.2) is 4.79 Å². The molecule has 0 aliphatic carbocycles. The molecule has 3 aromatic rings. The highest BCUT2D eigenvalue weighted by Crippen LogP contribution is 2.34. The molecule has 1 aromatic heterocycles. The first kappa shape index (κ1) is 17.2. The van der Waals surface area contributed by atoms with E-state index in [0.29, 0.717) is 21.8 Å². The van der Waals surface area contributed by atoms with Crippen LogP contribution in [0.1, 0.15) is 26.3 Å². The van der Waals surface area contributed by atoms with Crippen LogP contribution in [-0.2, 0) is 0 Å². The van der Waals surface area contributed by atoms with Crippen molar-refractivity contribution in [3.05, 3.63) is 70.6 Å². The van der Waals surface area contributed by atoms with Crippen molar-refractivity contribution in [3.8, 4) is 17.2 Å². The van der Waals surface area contributed by atoms with Gasteiger partial charge in [0.25, 0.3) is 5.91 Å². The van der Waals surface area contributed by atoms with Crippen molar-refractivity contribution in [2.24, 2.45) is 0 Å². The van der Waals surface area contributed by atoms with Crippen LogP contribution in [0.25, 0.3) is 11.1 Å². The van der Waals surface area contributed by atoms with E-state index < -0.39 is 11.9 Å². The minimum absolute atomic E-state index is 0.0708. The van der Waals surface area contributed by atoms with Crippen molar-refractivity contribution in [2.75, 3.05) is 11.1 Å². The standard InChI is InChI=1S/C19H13N3O3S/c20-9-15-16(10-26-17(15)21)11-4-3-5-12(8-11)22-18(23)13-6-1-2-7-14(13)19(24)25/h1-8,10H,21H2,(H,22,23)(H,24,25). The molecule has 0 atom stereocenters. The summed E-state index contributed by atoms with van der Waals surface area (Å²) in [6.07, 6.45) is 0. The Morgan fingerprint density at radius 1 is 1.12 bits per heavy atom. The van der Waals surface area contributed by atoms with Crippen molar-refractivity contribution in [3.63, 3.8) is 0 Å². The van der Waals surface area contributed by atoms with Crippen LogP contribution in [0.2, 0.25) is 0 Å². The van der Waals surface area contributed by atoms with E-state index in [1.807, 2.05) is 6.07 Å². The highest BCUT2D eigenvalue weighted by Gasteiger charge is 2.16. The molecule has 0 aliphatic rings. The van der Waals surface area contributed by atoms with Crippen LogP contribution < -0.4 is 11.1 Å². The second-order valence-corrected chi connectivity index (χ2v) is 6.30. The number of aromatic carboxylic acids is 1. The molecular weight excluding hydrogens is 350 g/mol. The third kappa shape index (κ3) is 3.27. The Balaban J connectivity index is 1.92. The monoisotopic (exact) mass is 363 g/mol. The summed E-state index contributed by atoms with van der Waals surface area (Å²) in [7, 11) is 0. The number of benzene rings is 2. The minimum Gasteiger partial charge on any atom is -0.478 e. The Hall–Kier alpha value is -3.63. The summed E-state index contributed by atoms with van der Waals surface area (Å²) in [5, 5.41) is 23.4. The fourth-order valence-electron chi connectivity index (χ4n) is 2.53. The van der Waals surface area contributed by atoms with Crippen molar-refractivity contribution < 1.29 is 14.7 Å². The molecule has 0 unspecified atom stereocenters. The zero-order chi connectivity index (χ0) is 18.7. The first-order valence-electron chi connectivity index (χ1n) is 7.52. The molecule has 0 saturated heterocycles. The van der Waals surface area contributed by atoms with Gasteiger partial charge in [0.1, 0.15) is 11.1 Å². The van der Waals surface area contributed by atoms with Crippen molar-refractivity contribution >= 4 is 33.9 Å². The van der Waals surface area contributed by atoms with Crippen LogP contribution >= 0.6 is 11.3 Å². The van der Waals surface area contributed by atoms with E-state index in [-0.39, 0.29) is 11.1 Å².